The van der Waals surface area contributed by atoms with Gasteiger partial charge in [-0.15, -0.1) is 0 Å². The number of H-pyrrole nitrogens is 1. The Morgan fingerprint density at radius 3 is 0.882 bits per heavy atom. The maximum atomic E-state index is 3.22. The monoisotopic (exact) mass is 239 g/mol. The van der Waals surface area contributed by atoms with Crippen LogP contribution in [-0.2, 0) is 0 Å². The van der Waals surface area contributed by atoms with Gasteiger partial charge in [-0.3, -0.25) is 0 Å². The number of rotatable bonds is 0. The molecule has 3 heterocycles. The molecule has 0 unspecified atom stereocenters. The molecular formula is C12H25N5. The second-order valence-corrected chi connectivity index (χ2v) is 3.88. The Balaban J connectivity index is 0.000000128. The third-order valence-corrected chi connectivity index (χ3v) is 2.41. The van der Waals surface area contributed by atoms with E-state index in [0.29, 0.717) is 0 Å². The van der Waals surface area contributed by atoms with Gasteiger partial charge >= 0.3 is 0 Å². The van der Waals surface area contributed by atoms with Crippen LogP contribution in [0.15, 0.2) is 24.5 Å². The molecule has 2 aliphatic heterocycles. The van der Waals surface area contributed by atoms with Crippen LogP contribution in [0.5, 0.6) is 0 Å². The van der Waals surface area contributed by atoms with Crippen molar-refractivity contribution < 1.29 is 0 Å². The smallest absolute Gasteiger partial charge is 0.00772 e. The van der Waals surface area contributed by atoms with Gasteiger partial charge in [0.05, 0.1) is 0 Å². The van der Waals surface area contributed by atoms with Crippen molar-refractivity contribution in [3.8, 4) is 0 Å². The van der Waals surface area contributed by atoms with E-state index in [-0.39, 0.29) is 0 Å². The molecule has 98 valence electrons. The van der Waals surface area contributed by atoms with Gasteiger partial charge in [-0.2, -0.15) is 0 Å². The summed E-state index contributed by atoms with van der Waals surface area (Å²) in [5, 5.41) is 12.9. The minimum Gasteiger partial charge on any atom is -0.368 e. The molecule has 0 bridgehead atoms. The van der Waals surface area contributed by atoms with Crippen molar-refractivity contribution in [2.75, 3.05) is 52.4 Å². The summed E-state index contributed by atoms with van der Waals surface area (Å²) in [6.07, 6.45) is 3.75. The second-order valence-electron chi connectivity index (χ2n) is 3.88. The normalized spacial score (nSPS) is 19.3. The second kappa shape index (κ2) is 11.6. The molecule has 0 aromatic carbocycles. The molecule has 0 atom stereocenters. The van der Waals surface area contributed by atoms with Gasteiger partial charge in [0.1, 0.15) is 0 Å². The van der Waals surface area contributed by atoms with E-state index in [2.05, 4.69) is 26.3 Å². The zero-order valence-corrected chi connectivity index (χ0v) is 10.5. The van der Waals surface area contributed by atoms with E-state index < -0.39 is 0 Å². The molecule has 0 radical (unpaired) electrons. The van der Waals surface area contributed by atoms with Gasteiger partial charge in [0.2, 0.25) is 0 Å². The molecule has 5 N–H and O–H groups in total. The van der Waals surface area contributed by atoms with Crippen LogP contribution in [0, 0.1) is 0 Å². The molecule has 0 aliphatic carbocycles. The maximum absolute atomic E-state index is 3.22. The summed E-state index contributed by atoms with van der Waals surface area (Å²) in [5.74, 6) is 0. The molecule has 3 rings (SSSR count). The van der Waals surface area contributed by atoms with Crippen LogP contribution in [0.3, 0.4) is 0 Å². The van der Waals surface area contributed by atoms with Crippen molar-refractivity contribution in [1.82, 2.24) is 26.3 Å². The average molecular weight is 239 g/mol. The van der Waals surface area contributed by atoms with Gasteiger partial charge < -0.3 is 26.3 Å². The van der Waals surface area contributed by atoms with Crippen molar-refractivity contribution in [3.05, 3.63) is 24.5 Å². The molecule has 17 heavy (non-hydrogen) atoms. The minimum absolute atomic E-state index is 1.14. The van der Waals surface area contributed by atoms with Crippen LogP contribution in [0.4, 0.5) is 0 Å². The zero-order valence-electron chi connectivity index (χ0n) is 10.5. The third-order valence-electron chi connectivity index (χ3n) is 2.41. The van der Waals surface area contributed by atoms with Crippen LogP contribution in [0.25, 0.3) is 0 Å². The van der Waals surface area contributed by atoms with E-state index in [0.717, 1.165) is 52.4 Å². The minimum atomic E-state index is 1.14. The van der Waals surface area contributed by atoms with Gasteiger partial charge in [-0.1, -0.05) is 0 Å². The van der Waals surface area contributed by atoms with Gasteiger partial charge in [0, 0.05) is 64.8 Å². The highest BCUT2D eigenvalue weighted by molar-refractivity contribution is 4.84. The average Bonchev–Trinajstić information content (AvgIpc) is 3.03. The molecule has 2 fully saturated rings. The highest BCUT2D eigenvalue weighted by Crippen LogP contribution is 1.72. The molecule has 2 saturated heterocycles. The van der Waals surface area contributed by atoms with Gasteiger partial charge in [0.15, 0.2) is 0 Å². The van der Waals surface area contributed by atoms with E-state index in [1.165, 1.54) is 0 Å². The fourth-order valence-electron chi connectivity index (χ4n) is 1.48. The van der Waals surface area contributed by atoms with Crippen molar-refractivity contribution in [1.29, 1.82) is 0 Å². The summed E-state index contributed by atoms with van der Waals surface area (Å²) in [4.78, 5) is 2.86. The van der Waals surface area contributed by atoms with Crippen molar-refractivity contribution in [2.45, 2.75) is 0 Å². The first-order valence-corrected chi connectivity index (χ1v) is 6.41. The molecule has 1 aromatic heterocycles. The lowest BCUT2D eigenvalue weighted by Gasteiger charge is -2.11. The van der Waals surface area contributed by atoms with E-state index in [4.69, 9.17) is 0 Å². The number of aromatic nitrogens is 1. The standard InChI is InChI=1S/2C4H10N2.C4H5N/c2*1-2-6-4-3-5-1;1-2-4-5-3-1/h2*5-6H,1-4H2;1-5H. The topological polar surface area (TPSA) is 63.9 Å². The Bertz CT molecular complexity index is 165. The summed E-state index contributed by atoms with van der Waals surface area (Å²) < 4.78 is 0. The van der Waals surface area contributed by atoms with Crippen LogP contribution in [0.1, 0.15) is 0 Å². The van der Waals surface area contributed by atoms with E-state index in [1.54, 1.807) is 0 Å². The quantitative estimate of drug-likeness (QED) is 0.418. The Morgan fingerprint density at radius 2 is 0.765 bits per heavy atom. The predicted molar refractivity (Wildman–Crippen MR) is 72.3 cm³/mol. The summed E-state index contributed by atoms with van der Waals surface area (Å²) in [6, 6.07) is 3.89. The number of aromatic amines is 1. The SMILES string of the molecule is C1CNCCN1.C1CNCCN1.c1cc[nH]c1. The Hall–Kier alpha value is -0.880. The molecule has 2 aliphatic rings. The first-order valence-electron chi connectivity index (χ1n) is 6.41. The highest BCUT2D eigenvalue weighted by atomic mass is 15.0. The molecule has 0 spiro atoms. The first kappa shape index (κ1) is 14.2. The summed E-state index contributed by atoms with van der Waals surface area (Å²) in [6.45, 7) is 9.11. The Kier molecular flexibility index (Phi) is 9.68. The lowest BCUT2D eigenvalue weighted by molar-refractivity contribution is 0.534. The fraction of sp³-hybridized carbons (Fsp3) is 0.667. The summed E-state index contributed by atoms with van der Waals surface area (Å²) in [7, 11) is 0. The number of hydrogen-bond donors (Lipinski definition) is 5. The largest absolute Gasteiger partial charge is 0.368 e. The molecular weight excluding hydrogens is 214 g/mol. The van der Waals surface area contributed by atoms with E-state index in [1.807, 2.05) is 24.5 Å². The third kappa shape index (κ3) is 10.0. The summed E-state index contributed by atoms with van der Waals surface area (Å²) in [5.41, 5.74) is 0. The van der Waals surface area contributed by atoms with Gasteiger partial charge in [-0.05, 0) is 12.1 Å². The molecule has 5 nitrogen and oxygen atoms in total. The first-order chi connectivity index (χ1) is 8.50. The zero-order chi connectivity index (χ0) is 12.0. The van der Waals surface area contributed by atoms with Crippen molar-refractivity contribution in [2.24, 2.45) is 0 Å². The van der Waals surface area contributed by atoms with Crippen LogP contribution < -0.4 is 21.3 Å². The number of nitrogens with one attached hydrogen (secondary N) is 5. The Labute approximate surface area is 104 Å². The van der Waals surface area contributed by atoms with Crippen molar-refractivity contribution >= 4 is 0 Å². The predicted octanol–water partition coefficient (Wildman–Crippen LogP) is -0.627. The van der Waals surface area contributed by atoms with E-state index >= 15 is 0 Å². The molecule has 0 saturated carbocycles. The van der Waals surface area contributed by atoms with Crippen molar-refractivity contribution in [3.63, 3.8) is 0 Å². The van der Waals surface area contributed by atoms with Crippen LogP contribution in [-0.4, -0.2) is 57.3 Å². The highest BCUT2D eigenvalue weighted by Gasteiger charge is 1.92. The molecule has 5 heteroatoms. The number of piperazine rings is 2. The molecule has 1 aromatic rings. The van der Waals surface area contributed by atoms with Gasteiger partial charge in [-0.25, -0.2) is 0 Å². The van der Waals surface area contributed by atoms with E-state index in [9.17, 15) is 0 Å². The fourth-order valence-corrected chi connectivity index (χ4v) is 1.48. The number of hydrogen-bond acceptors (Lipinski definition) is 4. The maximum Gasteiger partial charge on any atom is 0.00772 e. The Morgan fingerprint density at radius 1 is 0.471 bits per heavy atom. The lowest BCUT2D eigenvalue weighted by atomic mass is 10.4. The lowest BCUT2D eigenvalue weighted by Crippen LogP contribution is -2.39. The summed E-state index contributed by atoms with van der Waals surface area (Å²) >= 11 is 0. The van der Waals surface area contributed by atoms with Crippen LogP contribution >= 0.6 is 0 Å². The van der Waals surface area contributed by atoms with Gasteiger partial charge in [0.25, 0.3) is 0 Å². The molecule has 0 amide bonds. The van der Waals surface area contributed by atoms with Crippen LogP contribution in [0.2, 0.25) is 0 Å².